The minimum Gasteiger partial charge on any atom is -0.383 e. The number of alkyl halides is 3. The number of anilines is 2. The monoisotopic (exact) mass is 362 g/mol. The summed E-state index contributed by atoms with van der Waals surface area (Å²) < 4.78 is 49.2. The van der Waals surface area contributed by atoms with Crippen LogP contribution in [-0.4, -0.2) is 46.4 Å². The average Bonchev–Trinajstić information content (AvgIpc) is 2.54. The second-order valence-corrected chi connectivity index (χ2v) is 5.85. The van der Waals surface area contributed by atoms with Gasteiger partial charge < -0.3 is 19.7 Å². The molecule has 142 valence electrons. The molecule has 0 saturated carbocycles. The van der Waals surface area contributed by atoms with Crippen LogP contribution in [0.1, 0.15) is 19.4 Å². The Morgan fingerprint density at radius 1 is 1.16 bits per heavy atom. The fraction of sp³-hybridized carbons (Fsp3) is 0.588. The standard InChI is InChI=1S/C17H25F3N2O3/c1-12(2)16(23)21-14-11-13(17(18,19)20)5-6-15(14)22(7-9-24-3)8-10-25-4/h5-6,11-12H,7-10H2,1-4H3,(H,21,23). The van der Waals surface area contributed by atoms with Crippen LogP contribution >= 0.6 is 0 Å². The average molecular weight is 362 g/mol. The molecule has 0 fully saturated rings. The maximum atomic E-state index is 13.0. The van der Waals surface area contributed by atoms with Gasteiger partial charge in [-0.05, 0) is 18.2 Å². The van der Waals surface area contributed by atoms with E-state index in [1.165, 1.54) is 6.07 Å². The zero-order chi connectivity index (χ0) is 19.0. The van der Waals surface area contributed by atoms with Crippen molar-refractivity contribution in [1.82, 2.24) is 0 Å². The maximum Gasteiger partial charge on any atom is 0.416 e. The number of hydrogen-bond donors (Lipinski definition) is 1. The first-order valence-electron chi connectivity index (χ1n) is 7.95. The normalized spacial score (nSPS) is 11.7. The summed E-state index contributed by atoms with van der Waals surface area (Å²) in [6, 6.07) is 3.33. The number of nitrogens with zero attached hydrogens (tertiary/aromatic N) is 1. The number of ether oxygens (including phenoxy) is 2. The third kappa shape index (κ3) is 6.55. The van der Waals surface area contributed by atoms with Gasteiger partial charge in [0, 0.05) is 33.2 Å². The molecule has 1 amide bonds. The van der Waals surface area contributed by atoms with Crippen molar-refractivity contribution in [2.24, 2.45) is 5.92 Å². The molecule has 1 aromatic rings. The molecule has 0 saturated heterocycles. The Morgan fingerprint density at radius 3 is 2.16 bits per heavy atom. The Balaban J connectivity index is 3.25. The van der Waals surface area contributed by atoms with Crippen molar-refractivity contribution in [3.63, 3.8) is 0 Å². The highest BCUT2D eigenvalue weighted by Crippen LogP contribution is 2.35. The first kappa shape index (κ1) is 21.2. The van der Waals surface area contributed by atoms with Crippen molar-refractivity contribution in [3.05, 3.63) is 23.8 Å². The van der Waals surface area contributed by atoms with E-state index in [-0.39, 0.29) is 17.5 Å². The van der Waals surface area contributed by atoms with Gasteiger partial charge in [0.2, 0.25) is 5.91 Å². The van der Waals surface area contributed by atoms with Gasteiger partial charge in [-0.25, -0.2) is 0 Å². The molecule has 0 aliphatic heterocycles. The van der Waals surface area contributed by atoms with E-state index in [1.54, 1.807) is 28.1 Å². The number of methoxy groups -OCH3 is 2. The zero-order valence-electron chi connectivity index (χ0n) is 14.9. The van der Waals surface area contributed by atoms with E-state index >= 15 is 0 Å². The highest BCUT2D eigenvalue weighted by molar-refractivity contribution is 5.95. The molecule has 25 heavy (non-hydrogen) atoms. The fourth-order valence-electron chi connectivity index (χ4n) is 2.12. The van der Waals surface area contributed by atoms with Crippen molar-refractivity contribution < 1.29 is 27.4 Å². The number of amides is 1. The van der Waals surface area contributed by atoms with E-state index in [2.05, 4.69) is 5.32 Å². The van der Waals surface area contributed by atoms with Gasteiger partial charge in [0.15, 0.2) is 0 Å². The highest BCUT2D eigenvalue weighted by Gasteiger charge is 2.31. The Bertz CT molecular complexity index is 555. The lowest BCUT2D eigenvalue weighted by Crippen LogP contribution is -2.32. The topological polar surface area (TPSA) is 50.8 Å². The number of hydrogen-bond acceptors (Lipinski definition) is 4. The fourth-order valence-corrected chi connectivity index (χ4v) is 2.12. The Labute approximate surface area is 146 Å². The summed E-state index contributed by atoms with van der Waals surface area (Å²) in [6.45, 7) is 5.04. The Hall–Kier alpha value is -1.80. The van der Waals surface area contributed by atoms with Gasteiger partial charge in [0.05, 0.1) is 30.2 Å². The molecule has 0 bridgehead atoms. The quantitative estimate of drug-likeness (QED) is 0.732. The van der Waals surface area contributed by atoms with Crippen LogP contribution in [0, 0.1) is 5.92 Å². The third-order valence-electron chi connectivity index (χ3n) is 3.58. The molecule has 0 aliphatic rings. The van der Waals surface area contributed by atoms with Gasteiger partial charge in [-0.3, -0.25) is 4.79 Å². The molecular weight excluding hydrogens is 337 g/mol. The predicted molar refractivity (Wildman–Crippen MR) is 90.9 cm³/mol. The van der Waals surface area contributed by atoms with Crippen molar-refractivity contribution in [2.45, 2.75) is 20.0 Å². The summed E-state index contributed by atoms with van der Waals surface area (Å²) in [5.74, 6) is -0.701. The Morgan fingerprint density at radius 2 is 1.72 bits per heavy atom. The smallest absolute Gasteiger partial charge is 0.383 e. The van der Waals surface area contributed by atoms with Crippen LogP contribution in [0.2, 0.25) is 0 Å². The van der Waals surface area contributed by atoms with Gasteiger partial charge >= 0.3 is 6.18 Å². The number of benzene rings is 1. The Kier molecular flexibility index (Phi) is 8.18. The lowest BCUT2D eigenvalue weighted by Gasteiger charge is -2.27. The number of rotatable bonds is 9. The summed E-state index contributed by atoms with van der Waals surface area (Å²) in [7, 11) is 3.09. The molecular formula is C17H25F3N2O3. The second kappa shape index (κ2) is 9.62. The summed E-state index contributed by atoms with van der Waals surface area (Å²) in [5, 5.41) is 2.59. The van der Waals surface area contributed by atoms with E-state index in [1.807, 2.05) is 4.90 Å². The van der Waals surface area contributed by atoms with Crippen molar-refractivity contribution in [3.8, 4) is 0 Å². The van der Waals surface area contributed by atoms with E-state index in [0.717, 1.165) is 12.1 Å². The van der Waals surface area contributed by atoms with Crippen molar-refractivity contribution in [1.29, 1.82) is 0 Å². The largest absolute Gasteiger partial charge is 0.416 e. The molecule has 0 aromatic heterocycles. The van der Waals surface area contributed by atoms with Crippen LogP contribution in [-0.2, 0) is 20.4 Å². The maximum absolute atomic E-state index is 13.0. The molecule has 0 aliphatic carbocycles. The second-order valence-electron chi connectivity index (χ2n) is 5.85. The minimum absolute atomic E-state index is 0.126. The van der Waals surface area contributed by atoms with Crippen LogP contribution in [0.5, 0.6) is 0 Å². The third-order valence-corrected chi connectivity index (χ3v) is 3.58. The summed E-state index contributed by atoms with van der Waals surface area (Å²) in [5.41, 5.74) is -0.189. The lowest BCUT2D eigenvalue weighted by molar-refractivity contribution is -0.137. The zero-order valence-corrected chi connectivity index (χ0v) is 14.9. The van der Waals surface area contributed by atoms with Crippen LogP contribution in [0.25, 0.3) is 0 Å². The van der Waals surface area contributed by atoms with Gasteiger partial charge in [-0.2, -0.15) is 13.2 Å². The van der Waals surface area contributed by atoms with E-state index < -0.39 is 11.7 Å². The van der Waals surface area contributed by atoms with E-state index in [4.69, 9.17) is 9.47 Å². The summed E-state index contributed by atoms with van der Waals surface area (Å²) in [6.07, 6.45) is -4.49. The molecule has 0 spiro atoms. The molecule has 1 rings (SSSR count). The first-order chi connectivity index (χ1) is 11.7. The van der Waals surface area contributed by atoms with E-state index in [0.29, 0.717) is 32.0 Å². The van der Waals surface area contributed by atoms with Gasteiger partial charge in [-0.1, -0.05) is 13.8 Å². The number of halogens is 3. The van der Waals surface area contributed by atoms with Gasteiger partial charge in [0.25, 0.3) is 0 Å². The van der Waals surface area contributed by atoms with Gasteiger partial charge in [0.1, 0.15) is 0 Å². The molecule has 0 heterocycles. The molecule has 1 N–H and O–H groups in total. The van der Waals surface area contributed by atoms with Crippen LogP contribution in [0.4, 0.5) is 24.5 Å². The van der Waals surface area contributed by atoms with Crippen LogP contribution < -0.4 is 10.2 Å². The van der Waals surface area contributed by atoms with Crippen molar-refractivity contribution in [2.75, 3.05) is 50.7 Å². The molecule has 0 atom stereocenters. The van der Waals surface area contributed by atoms with Crippen LogP contribution in [0.15, 0.2) is 18.2 Å². The molecule has 5 nitrogen and oxygen atoms in total. The first-order valence-corrected chi connectivity index (χ1v) is 7.95. The highest BCUT2D eigenvalue weighted by atomic mass is 19.4. The minimum atomic E-state index is -4.49. The van der Waals surface area contributed by atoms with E-state index in [9.17, 15) is 18.0 Å². The molecule has 8 heteroatoms. The number of nitrogens with one attached hydrogen (secondary N) is 1. The summed E-state index contributed by atoms with van der Waals surface area (Å²) in [4.78, 5) is 13.8. The van der Waals surface area contributed by atoms with Gasteiger partial charge in [-0.15, -0.1) is 0 Å². The predicted octanol–water partition coefficient (Wildman–Crippen LogP) is 3.40. The van der Waals surface area contributed by atoms with Crippen LogP contribution in [0.3, 0.4) is 0 Å². The SMILES string of the molecule is COCCN(CCOC)c1ccc(C(F)(F)F)cc1NC(=O)C(C)C. The number of carbonyl (C=O) groups is 1. The molecule has 0 radical (unpaired) electrons. The lowest BCUT2D eigenvalue weighted by atomic mass is 10.1. The summed E-state index contributed by atoms with van der Waals surface area (Å²) >= 11 is 0. The molecule has 1 aromatic carbocycles. The van der Waals surface area contributed by atoms with Crippen molar-refractivity contribution >= 4 is 17.3 Å². The molecule has 0 unspecified atom stereocenters. The number of carbonyl (C=O) groups excluding carboxylic acids is 1.